The highest BCUT2D eigenvalue weighted by molar-refractivity contribution is 5.68. The van der Waals surface area contributed by atoms with Crippen LogP contribution >= 0.6 is 0 Å². The van der Waals surface area contributed by atoms with Crippen LogP contribution in [0.1, 0.15) is 33.6 Å². The van der Waals surface area contributed by atoms with Gasteiger partial charge in [0.05, 0.1) is 6.26 Å². The maximum atomic E-state index is 11.7. The van der Waals surface area contributed by atoms with Crippen LogP contribution in [-0.2, 0) is 9.47 Å². The Morgan fingerprint density at radius 3 is 2.38 bits per heavy atom. The molecule has 0 aliphatic carbocycles. The van der Waals surface area contributed by atoms with E-state index in [-0.39, 0.29) is 12.2 Å². The molecule has 1 amide bonds. The van der Waals surface area contributed by atoms with E-state index in [0.29, 0.717) is 13.1 Å². The molecular weight excluding hydrogens is 206 g/mol. The monoisotopic (exact) mass is 227 g/mol. The zero-order chi connectivity index (χ0) is 12.2. The predicted octanol–water partition coefficient (Wildman–Crippen LogP) is 2.55. The highest BCUT2D eigenvalue weighted by Crippen LogP contribution is 2.17. The van der Waals surface area contributed by atoms with Gasteiger partial charge in [-0.3, -0.25) is 0 Å². The molecule has 1 aliphatic heterocycles. The molecule has 0 atom stereocenters. The fourth-order valence-corrected chi connectivity index (χ4v) is 1.64. The van der Waals surface area contributed by atoms with Crippen molar-refractivity contribution in [3.63, 3.8) is 0 Å². The summed E-state index contributed by atoms with van der Waals surface area (Å²) in [6.45, 7) is 10.5. The number of piperidine rings is 1. The quantitative estimate of drug-likeness (QED) is 0.680. The van der Waals surface area contributed by atoms with E-state index in [1.165, 1.54) is 6.26 Å². The van der Waals surface area contributed by atoms with Crippen molar-refractivity contribution in [2.75, 3.05) is 13.1 Å². The van der Waals surface area contributed by atoms with Crippen LogP contribution in [0.2, 0.25) is 0 Å². The molecule has 0 aromatic rings. The summed E-state index contributed by atoms with van der Waals surface area (Å²) in [7, 11) is 0. The van der Waals surface area contributed by atoms with Crippen LogP contribution in [0.15, 0.2) is 12.8 Å². The van der Waals surface area contributed by atoms with Crippen molar-refractivity contribution >= 4 is 6.09 Å². The molecule has 0 saturated carbocycles. The minimum atomic E-state index is -0.425. The Kier molecular flexibility index (Phi) is 4.21. The van der Waals surface area contributed by atoms with Gasteiger partial charge in [-0.25, -0.2) is 4.79 Å². The molecule has 0 bridgehead atoms. The van der Waals surface area contributed by atoms with Gasteiger partial charge >= 0.3 is 6.09 Å². The number of ether oxygens (including phenoxy) is 2. The van der Waals surface area contributed by atoms with Gasteiger partial charge in [-0.1, -0.05) is 6.58 Å². The van der Waals surface area contributed by atoms with Crippen molar-refractivity contribution in [3.05, 3.63) is 12.8 Å². The number of hydrogen-bond donors (Lipinski definition) is 0. The van der Waals surface area contributed by atoms with Crippen molar-refractivity contribution < 1.29 is 14.3 Å². The molecule has 1 fully saturated rings. The third-order valence-corrected chi connectivity index (χ3v) is 2.38. The van der Waals surface area contributed by atoms with Gasteiger partial charge < -0.3 is 14.4 Å². The summed E-state index contributed by atoms with van der Waals surface area (Å²) in [6, 6.07) is 0. The number of amides is 1. The molecule has 4 nitrogen and oxygen atoms in total. The summed E-state index contributed by atoms with van der Waals surface area (Å²) < 4.78 is 10.6. The van der Waals surface area contributed by atoms with Crippen LogP contribution in [0, 0.1) is 0 Å². The number of nitrogens with zero attached hydrogens (tertiary/aromatic N) is 1. The lowest BCUT2D eigenvalue weighted by molar-refractivity contribution is 0.00786. The molecule has 1 saturated heterocycles. The number of rotatable bonds is 2. The van der Waals surface area contributed by atoms with Crippen molar-refractivity contribution in [1.82, 2.24) is 4.90 Å². The molecule has 0 spiro atoms. The molecular formula is C12H21NO3. The van der Waals surface area contributed by atoms with Gasteiger partial charge in [-0.2, -0.15) is 0 Å². The zero-order valence-corrected chi connectivity index (χ0v) is 10.4. The van der Waals surface area contributed by atoms with Crippen molar-refractivity contribution in [2.45, 2.75) is 45.3 Å². The van der Waals surface area contributed by atoms with E-state index < -0.39 is 5.60 Å². The van der Waals surface area contributed by atoms with Crippen LogP contribution in [0.5, 0.6) is 0 Å². The Morgan fingerprint density at radius 1 is 1.38 bits per heavy atom. The molecule has 0 unspecified atom stereocenters. The maximum Gasteiger partial charge on any atom is 0.410 e. The van der Waals surface area contributed by atoms with Crippen LogP contribution in [0.25, 0.3) is 0 Å². The minimum Gasteiger partial charge on any atom is -0.499 e. The predicted molar refractivity (Wildman–Crippen MR) is 62.1 cm³/mol. The van der Waals surface area contributed by atoms with Crippen molar-refractivity contribution in [2.24, 2.45) is 0 Å². The topological polar surface area (TPSA) is 38.8 Å². The molecule has 0 aromatic carbocycles. The first-order valence-electron chi connectivity index (χ1n) is 5.66. The molecule has 16 heavy (non-hydrogen) atoms. The third-order valence-electron chi connectivity index (χ3n) is 2.38. The second-order valence-corrected chi connectivity index (χ2v) is 4.97. The first-order chi connectivity index (χ1) is 7.42. The number of carbonyl (C=O) groups is 1. The van der Waals surface area contributed by atoms with Crippen molar-refractivity contribution in [3.8, 4) is 0 Å². The largest absolute Gasteiger partial charge is 0.499 e. The van der Waals surface area contributed by atoms with Crippen LogP contribution < -0.4 is 0 Å². The molecule has 1 heterocycles. The smallest absolute Gasteiger partial charge is 0.410 e. The average Bonchev–Trinajstić information content (AvgIpc) is 2.16. The van der Waals surface area contributed by atoms with Gasteiger partial charge in [-0.15, -0.1) is 0 Å². The van der Waals surface area contributed by atoms with Crippen molar-refractivity contribution in [1.29, 1.82) is 0 Å². The standard InChI is InChI=1S/C12H21NO3/c1-5-15-10-6-8-13(9-7-10)11(14)16-12(2,3)4/h5,10H,1,6-9H2,2-4H3. The minimum absolute atomic E-state index is 0.191. The Balaban J connectivity index is 2.36. The highest BCUT2D eigenvalue weighted by Gasteiger charge is 2.26. The first kappa shape index (κ1) is 12.9. The number of carbonyl (C=O) groups excluding carboxylic acids is 1. The summed E-state index contributed by atoms with van der Waals surface area (Å²) in [5.74, 6) is 0. The van der Waals surface area contributed by atoms with Gasteiger partial charge in [0.2, 0.25) is 0 Å². The zero-order valence-electron chi connectivity index (χ0n) is 10.4. The summed E-state index contributed by atoms with van der Waals surface area (Å²) in [6.07, 6.45) is 3.10. The summed E-state index contributed by atoms with van der Waals surface area (Å²) in [5, 5.41) is 0. The van der Waals surface area contributed by atoms with Gasteiger partial charge in [0.25, 0.3) is 0 Å². The molecule has 92 valence electrons. The van der Waals surface area contributed by atoms with E-state index >= 15 is 0 Å². The van der Waals surface area contributed by atoms with E-state index in [9.17, 15) is 4.79 Å². The SMILES string of the molecule is C=COC1CCN(C(=O)OC(C)(C)C)CC1. The second kappa shape index (κ2) is 5.23. The van der Waals surface area contributed by atoms with Crippen LogP contribution in [0.4, 0.5) is 4.79 Å². The average molecular weight is 227 g/mol. The summed E-state index contributed by atoms with van der Waals surface area (Å²) in [4.78, 5) is 13.5. The fraction of sp³-hybridized carbons (Fsp3) is 0.750. The molecule has 1 rings (SSSR count). The lowest BCUT2D eigenvalue weighted by atomic mass is 10.1. The highest BCUT2D eigenvalue weighted by atomic mass is 16.6. The lowest BCUT2D eigenvalue weighted by Crippen LogP contribution is -2.43. The third kappa shape index (κ3) is 4.13. The van der Waals surface area contributed by atoms with Crippen LogP contribution in [-0.4, -0.2) is 35.8 Å². The van der Waals surface area contributed by atoms with Gasteiger partial charge in [0, 0.05) is 25.9 Å². The fourth-order valence-electron chi connectivity index (χ4n) is 1.64. The Bertz CT molecular complexity index is 249. The van der Waals surface area contributed by atoms with Gasteiger partial charge in [0.15, 0.2) is 0 Å². The lowest BCUT2D eigenvalue weighted by Gasteiger charge is -2.32. The Morgan fingerprint density at radius 2 is 1.94 bits per heavy atom. The molecule has 1 aliphatic rings. The van der Waals surface area contributed by atoms with E-state index in [4.69, 9.17) is 9.47 Å². The van der Waals surface area contributed by atoms with E-state index in [0.717, 1.165) is 12.8 Å². The van der Waals surface area contributed by atoms with E-state index in [2.05, 4.69) is 6.58 Å². The number of likely N-dealkylation sites (tertiary alicyclic amines) is 1. The summed E-state index contributed by atoms with van der Waals surface area (Å²) in [5.41, 5.74) is -0.425. The number of hydrogen-bond acceptors (Lipinski definition) is 3. The molecule has 0 radical (unpaired) electrons. The van der Waals surface area contributed by atoms with Gasteiger partial charge in [0.1, 0.15) is 11.7 Å². The van der Waals surface area contributed by atoms with Gasteiger partial charge in [-0.05, 0) is 20.8 Å². The molecule has 4 heteroatoms. The Labute approximate surface area is 97.2 Å². The first-order valence-corrected chi connectivity index (χ1v) is 5.66. The van der Waals surface area contributed by atoms with E-state index in [1.54, 1.807) is 4.90 Å². The summed E-state index contributed by atoms with van der Waals surface area (Å²) >= 11 is 0. The maximum absolute atomic E-state index is 11.7. The Hall–Kier alpha value is -1.19. The molecule has 0 N–H and O–H groups in total. The second-order valence-electron chi connectivity index (χ2n) is 4.97. The normalized spacial score (nSPS) is 18.1. The molecule has 0 aromatic heterocycles. The van der Waals surface area contributed by atoms with E-state index in [1.807, 2.05) is 20.8 Å². The van der Waals surface area contributed by atoms with Crippen LogP contribution in [0.3, 0.4) is 0 Å².